The van der Waals surface area contributed by atoms with Crippen molar-refractivity contribution in [2.45, 2.75) is 296 Å². The van der Waals surface area contributed by atoms with Crippen molar-refractivity contribution >= 4 is 11.9 Å². The third-order valence-corrected chi connectivity index (χ3v) is 12.5. The predicted octanol–water partition coefficient (Wildman–Crippen LogP) is 16.6. The minimum absolute atomic E-state index is 0.0541. The second kappa shape index (κ2) is 50.8. The van der Waals surface area contributed by atoms with Crippen LogP contribution in [0.2, 0.25) is 0 Å². The van der Waals surface area contributed by atoms with Gasteiger partial charge in [-0.1, -0.05) is 268 Å². The lowest BCUT2D eigenvalue weighted by molar-refractivity contribution is -0.151. The van der Waals surface area contributed by atoms with Crippen LogP contribution in [0.5, 0.6) is 0 Å². The number of aliphatic hydroxyl groups excluding tert-OH is 2. The van der Waals surface area contributed by atoms with Gasteiger partial charge in [0, 0.05) is 6.42 Å². The Bertz CT molecular complexity index is 1080. The molecule has 0 aromatic carbocycles. The molecule has 0 radical (unpaired) electrons. The average Bonchev–Trinajstić information content (AvgIpc) is 3.28. The van der Waals surface area contributed by atoms with Crippen molar-refractivity contribution in [3.8, 4) is 0 Å². The fraction of sp³-hybridized carbons (Fsp3) is 0.825. The molecule has 368 valence electrons. The summed E-state index contributed by atoms with van der Waals surface area (Å²) < 4.78 is 5.93. The number of aliphatic hydroxyl groups is 2. The monoisotopic (exact) mass is 884 g/mol. The number of carbonyl (C=O) groups excluding carboxylic acids is 2. The maximum Gasteiger partial charge on any atom is 0.306 e. The number of unbranched alkanes of at least 4 members (excludes halogenated alkanes) is 32. The van der Waals surface area contributed by atoms with E-state index < -0.39 is 18.2 Å². The molecular weight excluding hydrogens is 779 g/mol. The molecular formula is C57H105NO5. The van der Waals surface area contributed by atoms with Gasteiger partial charge in [0.05, 0.1) is 25.2 Å². The van der Waals surface area contributed by atoms with Crippen molar-refractivity contribution < 1.29 is 24.5 Å². The van der Waals surface area contributed by atoms with Crippen molar-refractivity contribution in [1.29, 1.82) is 0 Å². The van der Waals surface area contributed by atoms with E-state index in [1.807, 2.05) is 24.3 Å². The van der Waals surface area contributed by atoms with Crippen LogP contribution in [0.4, 0.5) is 0 Å². The number of hydrogen-bond acceptors (Lipinski definition) is 5. The van der Waals surface area contributed by atoms with Gasteiger partial charge in [0.15, 0.2) is 0 Å². The Kier molecular flexibility index (Phi) is 49.1. The molecule has 6 heteroatoms. The van der Waals surface area contributed by atoms with Crippen LogP contribution in [0.25, 0.3) is 0 Å². The summed E-state index contributed by atoms with van der Waals surface area (Å²) in [5.74, 6) is -0.502. The zero-order chi connectivity index (χ0) is 45.9. The summed E-state index contributed by atoms with van der Waals surface area (Å²) in [6.07, 6.45) is 61.8. The third-order valence-electron chi connectivity index (χ3n) is 12.5. The predicted molar refractivity (Wildman–Crippen MR) is 273 cm³/mol. The van der Waals surface area contributed by atoms with Crippen molar-refractivity contribution in [3.63, 3.8) is 0 Å². The summed E-state index contributed by atoms with van der Waals surface area (Å²) in [4.78, 5) is 26.2. The third kappa shape index (κ3) is 46.2. The number of amides is 1. The quantitative estimate of drug-likeness (QED) is 0.0321. The average molecular weight is 884 g/mol. The van der Waals surface area contributed by atoms with E-state index in [0.29, 0.717) is 19.3 Å². The van der Waals surface area contributed by atoms with Gasteiger partial charge in [-0.25, -0.2) is 0 Å². The normalized spacial score (nSPS) is 13.5. The maximum atomic E-state index is 13.2. The summed E-state index contributed by atoms with van der Waals surface area (Å²) in [7, 11) is 0. The molecule has 0 aliphatic rings. The molecule has 3 atom stereocenters. The standard InChI is InChI=1S/C57H105NO5/c1-4-7-10-13-16-19-22-25-27-28-29-32-35-38-41-44-47-50-57(62)63-53(48-45-42-39-36-33-30-24-21-18-15-12-9-6-3)51-56(61)58-54(52-59)55(60)49-46-43-40-37-34-31-26-23-20-17-14-11-8-5-2/h9,12,15,18,21,24,30,33,53-55,59-60H,4-8,10-11,13-14,16-17,19-20,22-23,25-29,31-32,34-52H2,1-3H3,(H,58,61)/b12-9+,18-15+,24-21+,33-30-. The summed E-state index contributed by atoms with van der Waals surface area (Å²) in [6.45, 7) is 6.36. The molecule has 0 bridgehead atoms. The van der Waals surface area contributed by atoms with Crippen molar-refractivity contribution in [2.75, 3.05) is 6.61 Å². The van der Waals surface area contributed by atoms with Crippen LogP contribution in [-0.4, -0.2) is 46.9 Å². The van der Waals surface area contributed by atoms with Crippen LogP contribution in [0, 0.1) is 0 Å². The molecule has 0 aliphatic heterocycles. The molecule has 3 N–H and O–H groups in total. The Morgan fingerprint density at radius 2 is 0.857 bits per heavy atom. The van der Waals surface area contributed by atoms with Gasteiger partial charge in [-0.15, -0.1) is 0 Å². The van der Waals surface area contributed by atoms with E-state index in [2.05, 4.69) is 50.4 Å². The SMILES string of the molecule is CC/C=C/C=C/C=C/C=C\CCCCCC(CC(=O)NC(CO)C(O)CCCCCCCCCCCCCCCC)OC(=O)CCCCCCCCCCCCCCCCCCC. The highest BCUT2D eigenvalue weighted by Gasteiger charge is 2.24. The Hall–Kier alpha value is -2.18. The van der Waals surface area contributed by atoms with Crippen molar-refractivity contribution in [2.24, 2.45) is 0 Å². The van der Waals surface area contributed by atoms with E-state index in [1.54, 1.807) is 0 Å². The summed E-state index contributed by atoms with van der Waals surface area (Å²) in [5, 5.41) is 23.8. The second-order valence-corrected chi connectivity index (χ2v) is 18.7. The fourth-order valence-corrected chi connectivity index (χ4v) is 8.38. The Morgan fingerprint density at radius 3 is 1.30 bits per heavy atom. The molecule has 0 spiro atoms. The first-order valence-corrected chi connectivity index (χ1v) is 27.4. The molecule has 6 nitrogen and oxygen atoms in total. The van der Waals surface area contributed by atoms with Crippen LogP contribution in [-0.2, 0) is 14.3 Å². The smallest absolute Gasteiger partial charge is 0.306 e. The first kappa shape index (κ1) is 60.8. The first-order valence-electron chi connectivity index (χ1n) is 27.4. The van der Waals surface area contributed by atoms with Gasteiger partial charge in [-0.3, -0.25) is 9.59 Å². The fourth-order valence-electron chi connectivity index (χ4n) is 8.38. The molecule has 0 rings (SSSR count). The largest absolute Gasteiger partial charge is 0.462 e. The minimum Gasteiger partial charge on any atom is -0.462 e. The lowest BCUT2D eigenvalue weighted by Gasteiger charge is -2.24. The van der Waals surface area contributed by atoms with Crippen LogP contribution >= 0.6 is 0 Å². The van der Waals surface area contributed by atoms with Crippen LogP contribution in [0.3, 0.4) is 0 Å². The van der Waals surface area contributed by atoms with Crippen LogP contribution < -0.4 is 5.32 Å². The Labute approximate surface area is 391 Å². The van der Waals surface area contributed by atoms with Gasteiger partial charge in [0.25, 0.3) is 0 Å². The molecule has 63 heavy (non-hydrogen) atoms. The number of carbonyl (C=O) groups is 2. The Morgan fingerprint density at radius 1 is 0.476 bits per heavy atom. The highest BCUT2D eigenvalue weighted by atomic mass is 16.5. The van der Waals surface area contributed by atoms with E-state index in [-0.39, 0.29) is 24.9 Å². The number of hydrogen-bond donors (Lipinski definition) is 3. The number of rotatable bonds is 49. The number of nitrogens with one attached hydrogen (secondary N) is 1. The maximum absolute atomic E-state index is 13.2. The van der Waals surface area contributed by atoms with Crippen molar-refractivity contribution in [1.82, 2.24) is 5.32 Å². The van der Waals surface area contributed by atoms with Gasteiger partial charge in [0.1, 0.15) is 6.10 Å². The highest BCUT2D eigenvalue weighted by Crippen LogP contribution is 2.18. The van der Waals surface area contributed by atoms with Gasteiger partial charge < -0.3 is 20.3 Å². The molecule has 0 aromatic heterocycles. The molecule has 0 saturated heterocycles. The molecule has 0 aromatic rings. The zero-order valence-corrected chi connectivity index (χ0v) is 42.0. The zero-order valence-electron chi connectivity index (χ0n) is 42.0. The Balaban J connectivity index is 4.55. The van der Waals surface area contributed by atoms with E-state index in [1.165, 1.54) is 161 Å². The van der Waals surface area contributed by atoms with E-state index in [4.69, 9.17) is 4.74 Å². The highest BCUT2D eigenvalue weighted by molar-refractivity contribution is 5.77. The van der Waals surface area contributed by atoms with Crippen LogP contribution in [0.15, 0.2) is 48.6 Å². The molecule has 0 fully saturated rings. The van der Waals surface area contributed by atoms with Gasteiger partial charge in [0.2, 0.25) is 5.91 Å². The first-order chi connectivity index (χ1) is 31.0. The molecule has 0 saturated carbocycles. The van der Waals surface area contributed by atoms with E-state index in [0.717, 1.165) is 70.6 Å². The van der Waals surface area contributed by atoms with E-state index >= 15 is 0 Å². The minimum atomic E-state index is -0.797. The molecule has 1 amide bonds. The van der Waals surface area contributed by atoms with E-state index in [9.17, 15) is 19.8 Å². The van der Waals surface area contributed by atoms with Crippen LogP contribution in [0.1, 0.15) is 278 Å². The number of ether oxygens (including phenoxy) is 1. The topological polar surface area (TPSA) is 95.9 Å². The molecule has 0 heterocycles. The van der Waals surface area contributed by atoms with Gasteiger partial charge >= 0.3 is 5.97 Å². The van der Waals surface area contributed by atoms with Crippen molar-refractivity contribution in [3.05, 3.63) is 48.6 Å². The lowest BCUT2D eigenvalue weighted by Crippen LogP contribution is -2.46. The summed E-state index contributed by atoms with van der Waals surface area (Å²) in [5.41, 5.74) is 0. The lowest BCUT2D eigenvalue weighted by atomic mass is 10.0. The molecule has 3 unspecified atom stereocenters. The second-order valence-electron chi connectivity index (χ2n) is 18.7. The number of esters is 1. The van der Waals surface area contributed by atoms with Gasteiger partial charge in [-0.2, -0.15) is 0 Å². The number of allylic oxidation sites excluding steroid dienone is 8. The van der Waals surface area contributed by atoms with Gasteiger partial charge in [-0.05, 0) is 44.9 Å². The molecule has 0 aliphatic carbocycles. The summed E-state index contributed by atoms with van der Waals surface area (Å²) >= 11 is 0. The summed E-state index contributed by atoms with van der Waals surface area (Å²) in [6, 6.07) is -0.713.